The molecule has 1 heteroatoms. The Labute approximate surface area is 88.8 Å². The van der Waals surface area contributed by atoms with E-state index < -0.39 is 0 Å². The smallest absolute Gasteiger partial charge is 0.0319 e. The minimum Gasteiger partial charge on any atom is -0.400 e. The van der Waals surface area contributed by atoms with E-state index in [1.807, 2.05) is 13.8 Å². The van der Waals surface area contributed by atoms with Crippen LogP contribution in [-0.4, -0.2) is 12.2 Å². The highest BCUT2D eigenvalue weighted by Crippen LogP contribution is 2.08. The molecule has 0 aliphatic heterocycles. The van der Waals surface area contributed by atoms with E-state index in [9.17, 15) is 0 Å². The first-order valence-electron chi connectivity index (χ1n) is 5.34. The Morgan fingerprint density at radius 3 is 2.00 bits per heavy atom. The minimum atomic E-state index is 1.00. The van der Waals surface area contributed by atoms with Gasteiger partial charge in [-0.1, -0.05) is 51.5 Å². The van der Waals surface area contributed by atoms with Crippen LogP contribution >= 0.6 is 0 Å². The second kappa shape index (κ2) is 12.2. The van der Waals surface area contributed by atoms with Crippen LogP contribution in [0.25, 0.3) is 0 Å². The minimum absolute atomic E-state index is 1.00. The fourth-order valence-electron chi connectivity index (χ4n) is 1.16. The van der Waals surface area contributed by atoms with E-state index in [2.05, 4.69) is 38.1 Å². The lowest BCUT2D eigenvalue weighted by atomic mass is 10.1. The second-order valence-corrected chi connectivity index (χ2v) is 2.68. The van der Waals surface area contributed by atoms with Gasteiger partial charge in [-0.2, -0.15) is 0 Å². The van der Waals surface area contributed by atoms with Crippen molar-refractivity contribution < 1.29 is 5.11 Å². The van der Waals surface area contributed by atoms with Gasteiger partial charge in [0.1, 0.15) is 0 Å². The third-order valence-electron chi connectivity index (χ3n) is 1.78. The molecule has 0 atom stereocenters. The lowest BCUT2D eigenvalue weighted by Gasteiger charge is -2.01. The van der Waals surface area contributed by atoms with Crippen molar-refractivity contribution in [3.63, 3.8) is 0 Å². The van der Waals surface area contributed by atoms with Crippen LogP contribution in [0, 0.1) is 6.92 Å². The molecule has 0 aliphatic carbocycles. The van der Waals surface area contributed by atoms with E-state index in [0.717, 1.165) is 7.11 Å². The van der Waals surface area contributed by atoms with Gasteiger partial charge in [-0.3, -0.25) is 0 Å². The molecule has 1 aromatic carbocycles. The van der Waals surface area contributed by atoms with Crippen LogP contribution < -0.4 is 0 Å². The molecule has 0 radical (unpaired) electrons. The number of aliphatic hydroxyl groups excluding tert-OH is 1. The Morgan fingerprint density at radius 2 is 1.57 bits per heavy atom. The molecular weight excluding hydrogens is 172 g/mol. The second-order valence-electron chi connectivity index (χ2n) is 2.68. The molecule has 0 unspecified atom stereocenters. The lowest BCUT2D eigenvalue weighted by Crippen LogP contribution is -1.85. The van der Waals surface area contributed by atoms with Crippen LogP contribution in [0.2, 0.25) is 0 Å². The van der Waals surface area contributed by atoms with Gasteiger partial charge in [-0.05, 0) is 24.5 Å². The first kappa shape index (κ1) is 15.6. The Bertz CT molecular complexity index is 206. The predicted molar refractivity (Wildman–Crippen MR) is 64.7 cm³/mol. The molecule has 1 N–H and O–H groups in total. The van der Waals surface area contributed by atoms with E-state index >= 15 is 0 Å². The Morgan fingerprint density at radius 1 is 1.07 bits per heavy atom. The van der Waals surface area contributed by atoms with Crippen LogP contribution in [0.5, 0.6) is 0 Å². The number of benzene rings is 1. The molecule has 0 bridgehead atoms. The van der Waals surface area contributed by atoms with Crippen LogP contribution in [0.4, 0.5) is 0 Å². The number of hydrogen-bond acceptors (Lipinski definition) is 1. The molecule has 1 rings (SSSR count). The molecular formula is C13H24O. The van der Waals surface area contributed by atoms with Crippen molar-refractivity contribution in [3.05, 3.63) is 35.4 Å². The van der Waals surface area contributed by atoms with Crippen molar-refractivity contribution >= 4 is 0 Å². The Kier molecular flexibility index (Phi) is 13.6. The topological polar surface area (TPSA) is 20.2 Å². The van der Waals surface area contributed by atoms with E-state index in [0.29, 0.717) is 0 Å². The van der Waals surface area contributed by atoms with Gasteiger partial charge in [0.15, 0.2) is 0 Å². The summed E-state index contributed by atoms with van der Waals surface area (Å²) < 4.78 is 0. The summed E-state index contributed by atoms with van der Waals surface area (Å²) in [7, 11) is 1.00. The predicted octanol–water partition coefficient (Wildman–Crippen LogP) is 3.58. The van der Waals surface area contributed by atoms with Crippen LogP contribution in [-0.2, 0) is 6.42 Å². The molecule has 0 aliphatic rings. The average Bonchev–Trinajstić information content (AvgIpc) is 2.28. The van der Waals surface area contributed by atoms with Gasteiger partial charge < -0.3 is 5.11 Å². The highest BCUT2D eigenvalue weighted by Gasteiger charge is 1.92. The zero-order chi connectivity index (χ0) is 11.4. The number of hydrogen-bond donors (Lipinski definition) is 1. The molecule has 1 aromatic rings. The quantitative estimate of drug-likeness (QED) is 0.766. The van der Waals surface area contributed by atoms with Gasteiger partial charge in [0, 0.05) is 7.11 Å². The monoisotopic (exact) mass is 196 g/mol. The molecule has 0 saturated carbocycles. The maximum absolute atomic E-state index is 7.00. The Hall–Kier alpha value is -0.820. The number of aliphatic hydroxyl groups is 1. The van der Waals surface area contributed by atoms with Crippen LogP contribution in [0.15, 0.2) is 24.3 Å². The zero-order valence-corrected chi connectivity index (χ0v) is 10.2. The first-order valence-corrected chi connectivity index (χ1v) is 5.34. The third kappa shape index (κ3) is 6.67. The highest BCUT2D eigenvalue weighted by atomic mass is 16.2. The van der Waals surface area contributed by atoms with Crippen LogP contribution in [0.3, 0.4) is 0 Å². The van der Waals surface area contributed by atoms with Gasteiger partial charge in [-0.25, -0.2) is 0 Å². The molecule has 1 nitrogen and oxygen atoms in total. The van der Waals surface area contributed by atoms with Gasteiger partial charge in [0.25, 0.3) is 0 Å². The van der Waals surface area contributed by atoms with Crippen LogP contribution in [0.1, 0.15) is 38.3 Å². The maximum Gasteiger partial charge on any atom is 0.0319 e. The Balaban J connectivity index is 0. The number of aryl methyl sites for hydroxylation is 2. The molecule has 0 saturated heterocycles. The van der Waals surface area contributed by atoms with E-state index in [1.165, 1.54) is 24.0 Å². The molecule has 0 aromatic heterocycles. The molecule has 0 fully saturated rings. The van der Waals surface area contributed by atoms with E-state index in [1.54, 1.807) is 0 Å². The third-order valence-corrected chi connectivity index (χ3v) is 1.78. The largest absolute Gasteiger partial charge is 0.400 e. The van der Waals surface area contributed by atoms with Gasteiger partial charge >= 0.3 is 0 Å². The van der Waals surface area contributed by atoms with Gasteiger partial charge in [0.2, 0.25) is 0 Å². The highest BCUT2D eigenvalue weighted by molar-refractivity contribution is 5.25. The lowest BCUT2D eigenvalue weighted by molar-refractivity contribution is 0.399. The standard InChI is InChI=1S/C10H14.C2H6.CH4O/c1-3-6-10-8-5-4-7-9(10)2;2*1-2/h4-5,7-8H,3,6H2,1-2H3;1-2H3;2H,1H3. The van der Waals surface area contributed by atoms with Crippen molar-refractivity contribution in [2.75, 3.05) is 7.11 Å². The summed E-state index contributed by atoms with van der Waals surface area (Å²) >= 11 is 0. The van der Waals surface area contributed by atoms with Crippen molar-refractivity contribution in [1.29, 1.82) is 0 Å². The molecule has 82 valence electrons. The van der Waals surface area contributed by atoms with Crippen molar-refractivity contribution in [2.24, 2.45) is 0 Å². The fraction of sp³-hybridized carbons (Fsp3) is 0.538. The van der Waals surface area contributed by atoms with Gasteiger partial charge in [-0.15, -0.1) is 0 Å². The fourth-order valence-corrected chi connectivity index (χ4v) is 1.16. The summed E-state index contributed by atoms with van der Waals surface area (Å²) in [5.41, 5.74) is 2.91. The zero-order valence-electron chi connectivity index (χ0n) is 10.2. The SMILES string of the molecule is CC.CCCc1ccccc1C.CO. The molecule has 0 amide bonds. The number of rotatable bonds is 2. The van der Waals surface area contributed by atoms with Crippen molar-refractivity contribution in [2.45, 2.75) is 40.5 Å². The van der Waals surface area contributed by atoms with Gasteiger partial charge in [0.05, 0.1) is 0 Å². The summed E-state index contributed by atoms with van der Waals surface area (Å²) in [6.07, 6.45) is 2.46. The maximum atomic E-state index is 7.00. The summed E-state index contributed by atoms with van der Waals surface area (Å²) in [5, 5.41) is 7.00. The normalized spacial score (nSPS) is 7.86. The molecule has 0 spiro atoms. The van der Waals surface area contributed by atoms with E-state index in [-0.39, 0.29) is 0 Å². The average molecular weight is 196 g/mol. The first-order chi connectivity index (χ1) is 6.84. The summed E-state index contributed by atoms with van der Waals surface area (Å²) in [6, 6.07) is 8.58. The summed E-state index contributed by atoms with van der Waals surface area (Å²) in [4.78, 5) is 0. The molecule has 14 heavy (non-hydrogen) atoms. The molecule has 0 heterocycles. The summed E-state index contributed by atoms with van der Waals surface area (Å²) in [6.45, 7) is 8.39. The van der Waals surface area contributed by atoms with E-state index in [4.69, 9.17) is 5.11 Å². The van der Waals surface area contributed by atoms with Crippen molar-refractivity contribution in [1.82, 2.24) is 0 Å². The van der Waals surface area contributed by atoms with Crippen molar-refractivity contribution in [3.8, 4) is 0 Å². The summed E-state index contributed by atoms with van der Waals surface area (Å²) in [5.74, 6) is 0.